The molecule has 8 nitrogen and oxygen atoms in total. The molecule has 0 spiro atoms. The number of para-hydroxylation sites is 1. The number of carbonyl (C=O) groups is 2. The summed E-state index contributed by atoms with van der Waals surface area (Å²) in [4.78, 5) is 28.9. The second kappa shape index (κ2) is 9.36. The maximum Gasteiger partial charge on any atom is 0.321 e. The molecule has 3 amide bonds. The molecule has 1 aromatic heterocycles. The third-order valence-electron chi connectivity index (χ3n) is 4.77. The molecule has 8 heteroatoms. The minimum absolute atomic E-state index is 0.0879. The minimum atomic E-state index is -0.234. The van der Waals surface area contributed by atoms with Crippen molar-refractivity contribution in [2.45, 2.75) is 19.4 Å². The first kappa shape index (κ1) is 19.9. The number of nitrogens with zero attached hydrogens (tertiary/aromatic N) is 4. The lowest BCUT2D eigenvalue weighted by Gasteiger charge is -2.31. The number of benzene rings is 1. The van der Waals surface area contributed by atoms with Crippen LogP contribution in [0.4, 0.5) is 16.3 Å². The van der Waals surface area contributed by atoms with E-state index >= 15 is 0 Å². The van der Waals surface area contributed by atoms with E-state index < -0.39 is 0 Å². The topological polar surface area (TPSA) is 82.5 Å². The summed E-state index contributed by atoms with van der Waals surface area (Å²) in [5.41, 5.74) is 0.752. The molecular formula is C20H28N6O2. The van der Waals surface area contributed by atoms with Crippen molar-refractivity contribution in [1.29, 1.82) is 0 Å². The van der Waals surface area contributed by atoms with E-state index in [0.717, 1.165) is 31.6 Å². The summed E-state index contributed by atoms with van der Waals surface area (Å²) in [6, 6.07) is 11.0. The molecule has 2 heterocycles. The molecule has 1 aliphatic rings. The van der Waals surface area contributed by atoms with E-state index in [9.17, 15) is 9.59 Å². The summed E-state index contributed by atoms with van der Waals surface area (Å²) in [5.74, 6) is 0.229. The maximum absolute atomic E-state index is 12.6. The zero-order valence-corrected chi connectivity index (χ0v) is 16.5. The fraction of sp³-hybridized carbons (Fsp3) is 0.450. The predicted molar refractivity (Wildman–Crippen MR) is 109 cm³/mol. The first-order chi connectivity index (χ1) is 13.5. The van der Waals surface area contributed by atoms with Crippen molar-refractivity contribution < 1.29 is 9.59 Å². The predicted octanol–water partition coefficient (Wildman–Crippen LogP) is 2.33. The van der Waals surface area contributed by atoms with Crippen LogP contribution in [-0.4, -0.2) is 65.2 Å². The monoisotopic (exact) mass is 384 g/mol. The van der Waals surface area contributed by atoms with Crippen LogP contribution >= 0.6 is 0 Å². The maximum atomic E-state index is 12.6. The Morgan fingerprint density at radius 1 is 1.18 bits per heavy atom. The Kier molecular flexibility index (Phi) is 6.65. The Bertz CT molecular complexity index is 789. The van der Waals surface area contributed by atoms with Crippen LogP contribution < -0.4 is 10.6 Å². The van der Waals surface area contributed by atoms with Crippen LogP contribution in [0.15, 0.2) is 42.6 Å². The number of urea groups is 1. The summed E-state index contributed by atoms with van der Waals surface area (Å²) >= 11 is 0. The van der Waals surface area contributed by atoms with Crippen LogP contribution in [0.3, 0.4) is 0 Å². The summed E-state index contributed by atoms with van der Waals surface area (Å²) in [6.07, 6.45) is 3.43. The largest absolute Gasteiger partial charge is 0.324 e. The van der Waals surface area contributed by atoms with Gasteiger partial charge in [0.2, 0.25) is 5.91 Å². The van der Waals surface area contributed by atoms with Gasteiger partial charge in [-0.1, -0.05) is 18.2 Å². The molecule has 2 N–H and O–H groups in total. The van der Waals surface area contributed by atoms with Gasteiger partial charge in [-0.05, 0) is 39.1 Å². The van der Waals surface area contributed by atoms with Gasteiger partial charge in [-0.3, -0.25) is 9.48 Å². The van der Waals surface area contributed by atoms with Gasteiger partial charge in [0.15, 0.2) is 5.82 Å². The number of rotatable bonds is 6. The van der Waals surface area contributed by atoms with Crippen LogP contribution in [-0.2, 0) is 11.3 Å². The number of amides is 3. The molecule has 1 atom stereocenters. The SMILES string of the molecule is CN(C)CCn1ccc(NC(=O)[C@@H]2CCCN(C(=O)Nc3ccccc3)C2)n1. The second-order valence-electron chi connectivity index (χ2n) is 7.34. The quantitative estimate of drug-likeness (QED) is 0.801. The molecule has 1 aliphatic heterocycles. The number of aromatic nitrogens is 2. The van der Waals surface area contributed by atoms with Gasteiger partial charge in [-0.25, -0.2) is 4.79 Å². The normalized spacial score (nSPS) is 16.8. The fourth-order valence-electron chi connectivity index (χ4n) is 3.18. The second-order valence-corrected chi connectivity index (χ2v) is 7.34. The van der Waals surface area contributed by atoms with E-state index in [4.69, 9.17) is 0 Å². The van der Waals surface area contributed by atoms with Gasteiger partial charge in [-0.15, -0.1) is 0 Å². The number of hydrogen-bond donors (Lipinski definition) is 2. The third kappa shape index (κ3) is 5.56. The van der Waals surface area contributed by atoms with Gasteiger partial charge >= 0.3 is 6.03 Å². The molecule has 1 saturated heterocycles. The van der Waals surface area contributed by atoms with Crippen LogP contribution in [0.2, 0.25) is 0 Å². The molecule has 0 saturated carbocycles. The standard InChI is InChI=1S/C20H28N6O2/c1-24(2)13-14-26-12-10-18(23-26)22-19(27)16-7-6-11-25(15-16)20(28)21-17-8-4-3-5-9-17/h3-5,8-10,12,16H,6-7,11,13-15H2,1-2H3,(H,21,28)(H,22,23,27)/t16-/m1/s1. The van der Waals surface area contributed by atoms with Gasteiger partial charge in [0.1, 0.15) is 0 Å². The van der Waals surface area contributed by atoms with E-state index in [-0.39, 0.29) is 17.9 Å². The zero-order chi connectivity index (χ0) is 19.9. The summed E-state index contributed by atoms with van der Waals surface area (Å²) < 4.78 is 1.82. The van der Waals surface area contributed by atoms with Crippen molar-refractivity contribution in [1.82, 2.24) is 19.6 Å². The van der Waals surface area contributed by atoms with Crippen LogP contribution in [0.1, 0.15) is 12.8 Å². The molecule has 2 aromatic rings. The van der Waals surface area contributed by atoms with E-state index in [1.807, 2.05) is 55.3 Å². The van der Waals surface area contributed by atoms with Crippen LogP contribution in [0, 0.1) is 5.92 Å². The Morgan fingerprint density at radius 3 is 2.71 bits per heavy atom. The minimum Gasteiger partial charge on any atom is -0.324 e. The number of nitrogens with one attached hydrogen (secondary N) is 2. The lowest BCUT2D eigenvalue weighted by atomic mass is 9.97. The average molecular weight is 384 g/mol. The summed E-state index contributed by atoms with van der Waals surface area (Å²) in [5, 5.41) is 10.2. The molecule has 150 valence electrons. The highest BCUT2D eigenvalue weighted by atomic mass is 16.2. The average Bonchev–Trinajstić information content (AvgIpc) is 3.14. The molecular weight excluding hydrogens is 356 g/mol. The van der Waals surface area contributed by atoms with E-state index in [1.54, 1.807) is 11.0 Å². The summed E-state index contributed by atoms with van der Waals surface area (Å²) in [6.45, 7) is 2.70. The van der Waals surface area contributed by atoms with E-state index in [2.05, 4.69) is 20.6 Å². The van der Waals surface area contributed by atoms with Gasteiger partial charge in [0, 0.05) is 37.6 Å². The lowest BCUT2D eigenvalue weighted by molar-refractivity contribution is -0.121. The number of piperidine rings is 1. The first-order valence-electron chi connectivity index (χ1n) is 9.61. The highest BCUT2D eigenvalue weighted by molar-refractivity contribution is 5.93. The van der Waals surface area contributed by atoms with Crippen molar-refractivity contribution in [2.75, 3.05) is 44.4 Å². The number of anilines is 2. The van der Waals surface area contributed by atoms with Crippen LogP contribution in [0.25, 0.3) is 0 Å². The molecule has 28 heavy (non-hydrogen) atoms. The van der Waals surface area contributed by atoms with Crippen molar-refractivity contribution >= 4 is 23.4 Å². The molecule has 1 aromatic carbocycles. The zero-order valence-electron chi connectivity index (χ0n) is 16.5. The van der Waals surface area contributed by atoms with Gasteiger partial charge in [0.25, 0.3) is 0 Å². The van der Waals surface area contributed by atoms with Crippen LogP contribution in [0.5, 0.6) is 0 Å². The lowest BCUT2D eigenvalue weighted by Crippen LogP contribution is -2.45. The Labute approximate surface area is 165 Å². The number of carbonyl (C=O) groups excluding carboxylic acids is 2. The number of likely N-dealkylation sites (N-methyl/N-ethyl adjacent to an activating group) is 1. The highest BCUT2D eigenvalue weighted by Crippen LogP contribution is 2.19. The van der Waals surface area contributed by atoms with Gasteiger partial charge < -0.3 is 20.4 Å². The Balaban J connectivity index is 1.52. The first-order valence-corrected chi connectivity index (χ1v) is 9.61. The molecule has 0 unspecified atom stereocenters. The molecule has 0 radical (unpaired) electrons. The fourth-order valence-corrected chi connectivity index (χ4v) is 3.18. The Morgan fingerprint density at radius 2 is 1.96 bits per heavy atom. The van der Waals surface area contributed by atoms with Crippen molar-refractivity contribution in [3.8, 4) is 0 Å². The molecule has 0 aliphatic carbocycles. The van der Waals surface area contributed by atoms with E-state index in [1.165, 1.54) is 0 Å². The Hall–Kier alpha value is -2.87. The van der Waals surface area contributed by atoms with Crippen molar-refractivity contribution in [3.63, 3.8) is 0 Å². The van der Waals surface area contributed by atoms with E-state index in [0.29, 0.717) is 18.9 Å². The number of likely N-dealkylation sites (tertiary alicyclic amines) is 1. The van der Waals surface area contributed by atoms with Gasteiger partial charge in [-0.2, -0.15) is 5.10 Å². The number of hydrogen-bond acceptors (Lipinski definition) is 4. The third-order valence-corrected chi connectivity index (χ3v) is 4.77. The molecule has 0 bridgehead atoms. The molecule has 1 fully saturated rings. The molecule has 3 rings (SSSR count). The summed E-state index contributed by atoms with van der Waals surface area (Å²) in [7, 11) is 4.02. The van der Waals surface area contributed by atoms with Gasteiger partial charge in [0.05, 0.1) is 12.5 Å². The highest BCUT2D eigenvalue weighted by Gasteiger charge is 2.28. The van der Waals surface area contributed by atoms with Crippen molar-refractivity contribution in [2.24, 2.45) is 5.92 Å². The van der Waals surface area contributed by atoms with Crippen molar-refractivity contribution in [3.05, 3.63) is 42.6 Å². The smallest absolute Gasteiger partial charge is 0.321 e.